The molecule has 26 heavy (non-hydrogen) atoms. The lowest BCUT2D eigenvalue weighted by molar-refractivity contribution is -0.122. The molecule has 1 saturated heterocycles. The molecule has 7 nitrogen and oxygen atoms in total. The van der Waals surface area contributed by atoms with Crippen LogP contribution in [0.25, 0.3) is 11.1 Å². The number of aromatic nitrogens is 1. The van der Waals surface area contributed by atoms with Crippen LogP contribution in [0, 0.1) is 5.92 Å². The van der Waals surface area contributed by atoms with Gasteiger partial charge in [-0.05, 0) is 11.6 Å². The Morgan fingerprint density at radius 1 is 1.23 bits per heavy atom. The third kappa shape index (κ3) is 4.00. The number of rotatable bonds is 4. The van der Waals surface area contributed by atoms with Gasteiger partial charge in [-0.25, -0.2) is 4.79 Å². The minimum atomic E-state index is -0.705. The van der Waals surface area contributed by atoms with Gasteiger partial charge in [0.05, 0.1) is 11.8 Å². The zero-order valence-corrected chi connectivity index (χ0v) is 14.6. The molecule has 1 aliphatic rings. The Morgan fingerprint density at radius 3 is 2.73 bits per heavy atom. The number of aliphatic hydroxyl groups excluding tert-OH is 1. The van der Waals surface area contributed by atoms with Crippen LogP contribution >= 0.6 is 0 Å². The summed E-state index contributed by atoms with van der Waals surface area (Å²) in [6, 6.07) is 11.1. The van der Waals surface area contributed by atoms with Crippen LogP contribution in [0.2, 0.25) is 0 Å². The van der Waals surface area contributed by atoms with E-state index in [1.54, 1.807) is 25.5 Å². The molecule has 2 aromatic rings. The van der Waals surface area contributed by atoms with Crippen LogP contribution in [0.4, 0.5) is 10.5 Å². The van der Waals surface area contributed by atoms with E-state index < -0.39 is 6.10 Å². The fourth-order valence-corrected chi connectivity index (χ4v) is 3.11. The van der Waals surface area contributed by atoms with E-state index in [4.69, 9.17) is 0 Å². The third-order valence-electron chi connectivity index (χ3n) is 4.57. The first-order valence-electron chi connectivity index (χ1n) is 8.52. The Morgan fingerprint density at radius 2 is 2.00 bits per heavy atom. The summed E-state index contributed by atoms with van der Waals surface area (Å²) in [6.45, 7) is 0.547. The highest BCUT2D eigenvalue weighted by Crippen LogP contribution is 2.28. The average Bonchev–Trinajstić information content (AvgIpc) is 3.03. The van der Waals surface area contributed by atoms with Crippen LogP contribution in [0.3, 0.4) is 0 Å². The van der Waals surface area contributed by atoms with Gasteiger partial charge in [0.2, 0.25) is 5.91 Å². The lowest BCUT2D eigenvalue weighted by atomic mass is 10.0. The van der Waals surface area contributed by atoms with E-state index in [1.165, 1.54) is 4.90 Å². The molecule has 0 saturated carbocycles. The molecule has 3 rings (SSSR count). The number of hydrogen-bond acceptors (Lipinski definition) is 4. The molecule has 1 aromatic carbocycles. The van der Waals surface area contributed by atoms with Crippen LogP contribution in [0.15, 0.2) is 48.8 Å². The number of β-amino-alcohol motifs (C(OH)–C–C–N with tert-alkyl or cyclic N) is 1. The van der Waals surface area contributed by atoms with Gasteiger partial charge >= 0.3 is 6.03 Å². The number of likely N-dealkylation sites (tertiary alicyclic amines) is 1. The molecule has 1 fully saturated rings. The third-order valence-corrected chi connectivity index (χ3v) is 4.57. The maximum atomic E-state index is 12.6. The van der Waals surface area contributed by atoms with Crippen molar-refractivity contribution in [2.24, 2.45) is 5.92 Å². The molecule has 2 atom stereocenters. The number of hydrogen-bond donors (Lipinski definition) is 3. The van der Waals surface area contributed by atoms with Gasteiger partial charge in [-0.1, -0.05) is 30.3 Å². The molecule has 3 N–H and O–H groups in total. The number of pyridine rings is 1. The van der Waals surface area contributed by atoms with Crippen molar-refractivity contribution >= 4 is 17.6 Å². The minimum absolute atomic E-state index is 0.142. The van der Waals surface area contributed by atoms with Crippen molar-refractivity contribution in [2.45, 2.75) is 12.5 Å². The van der Waals surface area contributed by atoms with Crippen LogP contribution in [0.1, 0.15) is 6.42 Å². The monoisotopic (exact) mass is 354 g/mol. The molecular weight excluding hydrogens is 332 g/mol. The Kier molecular flexibility index (Phi) is 5.48. The summed E-state index contributed by atoms with van der Waals surface area (Å²) < 4.78 is 0. The van der Waals surface area contributed by atoms with E-state index >= 15 is 0 Å². The average molecular weight is 354 g/mol. The standard InChI is InChI=1S/C19H22N4O3/c1-20-18(25)9-14-11-23(12-17(14)24)19(26)22-16-7-8-21-10-15(16)13-5-3-2-4-6-13/h2-8,10,14,17,24H,9,11-12H2,1H3,(H,20,25)(H,21,22,26)/t14-,17-/m1/s1. The van der Waals surface area contributed by atoms with Gasteiger partial charge < -0.3 is 20.6 Å². The number of carbonyl (C=O) groups excluding carboxylic acids is 2. The Bertz CT molecular complexity index is 781. The molecule has 0 aliphatic carbocycles. The second-order valence-electron chi connectivity index (χ2n) is 6.33. The molecule has 1 aromatic heterocycles. The summed E-state index contributed by atoms with van der Waals surface area (Å²) in [4.78, 5) is 29.8. The Labute approximate surface area is 152 Å². The molecule has 3 amide bonds. The number of nitrogens with one attached hydrogen (secondary N) is 2. The molecule has 0 unspecified atom stereocenters. The summed E-state index contributed by atoms with van der Waals surface area (Å²) in [5.74, 6) is -0.400. The number of urea groups is 1. The van der Waals surface area contributed by atoms with Crippen molar-refractivity contribution in [3.05, 3.63) is 48.8 Å². The fourth-order valence-electron chi connectivity index (χ4n) is 3.11. The topological polar surface area (TPSA) is 94.6 Å². The molecule has 136 valence electrons. The van der Waals surface area contributed by atoms with Gasteiger partial charge in [0.25, 0.3) is 0 Å². The molecule has 0 bridgehead atoms. The van der Waals surface area contributed by atoms with E-state index in [2.05, 4.69) is 15.6 Å². The maximum absolute atomic E-state index is 12.6. The first-order chi connectivity index (χ1) is 12.6. The van der Waals surface area contributed by atoms with E-state index in [-0.39, 0.29) is 30.8 Å². The zero-order valence-electron chi connectivity index (χ0n) is 14.6. The zero-order chi connectivity index (χ0) is 18.5. The first kappa shape index (κ1) is 17.9. The second kappa shape index (κ2) is 7.97. The lowest BCUT2D eigenvalue weighted by Crippen LogP contribution is -2.34. The summed E-state index contributed by atoms with van der Waals surface area (Å²) in [5, 5.41) is 15.6. The van der Waals surface area contributed by atoms with Crippen LogP contribution < -0.4 is 10.6 Å². The minimum Gasteiger partial charge on any atom is -0.391 e. The van der Waals surface area contributed by atoms with Crippen molar-refractivity contribution < 1.29 is 14.7 Å². The largest absolute Gasteiger partial charge is 0.391 e. The lowest BCUT2D eigenvalue weighted by Gasteiger charge is -2.18. The van der Waals surface area contributed by atoms with Crippen LogP contribution in [-0.4, -0.2) is 53.2 Å². The molecule has 7 heteroatoms. The highest BCUT2D eigenvalue weighted by atomic mass is 16.3. The quantitative estimate of drug-likeness (QED) is 0.779. The number of nitrogens with zero attached hydrogens (tertiary/aromatic N) is 2. The van der Waals surface area contributed by atoms with E-state index in [1.807, 2.05) is 30.3 Å². The van der Waals surface area contributed by atoms with Gasteiger partial charge in [-0.15, -0.1) is 0 Å². The number of aliphatic hydroxyl groups is 1. The summed E-state index contributed by atoms with van der Waals surface area (Å²) >= 11 is 0. The van der Waals surface area contributed by atoms with Crippen molar-refractivity contribution in [1.29, 1.82) is 0 Å². The highest BCUT2D eigenvalue weighted by molar-refractivity contribution is 5.94. The molecule has 1 aliphatic heterocycles. The molecule has 2 heterocycles. The molecule has 0 radical (unpaired) electrons. The van der Waals surface area contributed by atoms with Gasteiger partial charge in [0, 0.05) is 50.4 Å². The SMILES string of the molecule is CNC(=O)C[C@@H]1CN(C(=O)Nc2ccncc2-c2ccccc2)C[C@H]1O. The van der Waals surface area contributed by atoms with Crippen molar-refractivity contribution in [3.8, 4) is 11.1 Å². The van der Waals surface area contributed by atoms with E-state index in [0.717, 1.165) is 11.1 Å². The molecule has 0 spiro atoms. The van der Waals surface area contributed by atoms with Crippen molar-refractivity contribution in [1.82, 2.24) is 15.2 Å². The molecular formula is C19H22N4O3. The normalized spacial score (nSPS) is 19.2. The summed E-state index contributed by atoms with van der Waals surface area (Å²) in [6.07, 6.45) is 2.82. The van der Waals surface area contributed by atoms with Crippen molar-refractivity contribution in [2.75, 3.05) is 25.5 Å². The number of benzene rings is 1. The number of amides is 3. The predicted molar refractivity (Wildman–Crippen MR) is 98.4 cm³/mol. The van der Waals surface area contributed by atoms with E-state index in [9.17, 15) is 14.7 Å². The predicted octanol–water partition coefficient (Wildman–Crippen LogP) is 1.71. The van der Waals surface area contributed by atoms with Crippen molar-refractivity contribution in [3.63, 3.8) is 0 Å². The second-order valence-corrected chi connectivity index (χ2v) is 6.33. The fraction of sp³-hybridized carbons (Fsp3) is 0.316. The summed E-state index contributed by atoms with van der Waals surface area (Å²) in [5.41, 5.74) is 2.43. The maximum Gasteiger partial charge on any atom is 0.321 e. The highest BCUT2D eigenvalue weighted by Gasteiger charge is 2.35. The smallest absolute Gasteiger partial charge is 0.321 e. The van der Waals surface area contributed by atoms with Gasteiger partial charge in [-0.3, -0.25) is 9.78 Å². The van der Waals surface area contributed by atoms with Gasteiger partial charge in [0.1, 0.15) is 0 Å². The number of anilines is 1. The number of carbonyl (C=O) groups is 2. The van der Waals surface area contributed by atoms with Crippen LogP contribution in [-0.2, 0) is 4.79 Å². The van der Waals surface area contributed by atoms with Gasteiger partial charge in [0.15, 0.2) is 0 Å². The van der Waals surface area contributed by atoms with Gasteiger partial charge in [-0.2, -0.15) is 0 Å². The van der Waals surface area contributed by atoms with Crippen LogP contribution in [0.5, 0.6) is 0 Å². The summed E-state index contributed by atoms with van der Waals surface area (Å²) in [7, 11) is 1.56. The first-order valence-corrected chi connectivity index (χ1v) is 8.52. The Balaban J connectivity index is 1.71. The van der Waals surface area contributed by atoms with E-state index in [0.29, 0.717) is 12.2 Å². The Hall–Kier alpha value is -2.93.